The zero-order chi connectivity index (χ0) is 19.1. The summed E-state index contributed by atoms with van der Waals surface area (Å²) in [4.78, 5) is 0. The van der Waals surface area contributed by atoms with Crippen LogP contribution in [-0.2, 0) is 19.8 Å². The molecule has 146 valence electrons. The average molecular weight is 398 g/mol. The molecule has 0 radical (unpaired) electrons. The van der Waals surface area contributed by atoms with E-state index in [-0.39, 0.29) is 19.1 Å². The molecule has 1 aromatic carbocycles. The van der Waals surface area contributed by atoms with Gasteiger partial charge < -0.3 is 9.05 Å². The fourth-order valence-corrected chi connectivity index (χ4v) is 8.66. The Hall–Kier alpha value is -1.10. The summed E-state index contributed by atoms with van der Waals surface area (Å²) >= 11 is 0. The lowest BCUT2D eigenvalue weighted by molar-refractivity contribution is -0.137. The number of rotatable bonds is 6. The number of halogens is 3. The number of benzene rings is 1. The molecule has 4 fully saturated rings. The third-order valence-electron chi connectivity index (χ3n) is 6.93. The highest BCUT2D eigenvalue weighted by molar-refractivity contribution is 7.58. The normalized spacial score (nSPS) is 36.0. The molecule has 2 unspecified atom stereocenters. The maximum atomic E-state index is 13.7. The van der Waals surface area contributed by atoms with Gasteiger partial charge in [-0.2, -0.15) is 13.2 Å². The van der Waals surface area contributed by atoms with E-state index in [4.69, 9.17) is 9.05 Å². The molecule has 7 heteroatoms. The van der Waals surface area contributed by atoms with Gasteiger partial charge in [0.05, 0.1) is 18.8 Å². The maximum Gasteiger partial charge on any atom is 0.416 e. The first-order valence-electron chi connectivity index (χ1n) is 9.63. The van der Waals surface area contributed by atoms with Gasteiger partial charge in [0.2, 0.25) is 0 Å². The van der Waals surface area contributed by atoms with Crippen LogP contribution >= 0.6 is 7.60 Å². The van der Waals surface area contributed by atoms with E-state index in [1.54, 1.807) is 13.8 Å². The van der Waals surface area contributed by atoms with Crippen LogP contribution in [0.15, 0.2) is 29.6 Å². The zero-order valence-corrected chi connectivity index (χ0v) is 16.1. The van der Waals surface area contributed by atoms with Gasteiger partial charge in [-0.15, -0.1) is 0 Å². The number of hydrogen-bond donors (Lipinski definition) is 0. The van der Waals surface area contributed by atoms with Crippen LogP contribution in [0.1, 0.15) is 31.4 Å². The van der Waals surface area contributed by atoms with E-state index in [2.05, 4.69) is 0 Å². The first kappa shape index (κ1) is 18.0. The Morgan fingerprint density at radius 1 is 1.00 bits per heavy atom. The lowest BCUT2D eigenvalue weighted by atomic mass is 9.89. The highest BCUT2D eigenvalue weighted by atomic mass is 31.2. The molecule has 6 atom stereocenters. The van der Waals surface area contributed by atoms with Crippen molar-refractivity contribution in [2.75, 3.05) is 13.2 Å². The number of hydrogen-bond acceptors (Lipinski definition) is 3. The molecule has 0 spiro atoms. The van der Waals surface area contributed by atoms with Crippen LogP contribution in [-0.4, -0.2) is 13.2 Å². The van der Waals surface area contributed by atoms with E-state index < -0.39 is 19.3 Å². The second kappa shape index (κ2) is 5.71. The highest BCUT2D eigenvalue weighted by Crippen LogP contribution is 2.87. The molecule has 0 aromatic heterocycles. The molecule has 6 bridgehead atoms. The van der Waals surface area contributed by atoms with E-state index >= 15 is 0 Å². The molecular formula is C20H22F3O3P. The SMILES string of the molecule is CCOP(=O)(OCC)C1=C(c2ccc(C(F)(F)F)cc2)[C@@H]2C3C4[C@@H]3C[C@@H]2[C@@H]14. The van der Waals surface area contributed by atoms with Gasteiger partial charge in [-0.25, -0.2) is 0 Å². The summed E-state index contributed by atoms with van der Waals surface area (Å²) in [7, 11) is -3.44. The third kappa shape index (κ3) is 2.33. The molecular weight excluding hydrogens is 376 g/mol. The first-order valence-corrected chi connectivity index (χ1v) is 11.2. The van der Waals surface area contributed by atoms with Gasteiger partial charge >= 0.3 is 13.8 Å². The molecule has 0 N–H and O–H groups in total. The minimum Gasteiger partial charge on any atom is -0.306 e. The lowest BCUT2D eigenvalue weighted by Crippen LogP contribution is -2.11. The van der Waals surface area contributed by atoms with Crippen LogP contribution in [0.25, 0.3) is 5.57 Å². The molecule has 0 amide bonds. The molecule has 4 saturated carbocycles. The highest BCUT2D eigenvalue weighted by Gasteiger charge is 2.79. The fraction of sp³-hybridized carbons (Fsp3) is 0.600. The van der Waals surface area contributed by atoms with Crippen molar-refractivity contribution in [2.24, 2.45) is 35.5 Å². The molecule has 3 nitrogen and oxygen atoms in total. The summed E-state index contributed by atoms with van der Waals surface area (Å²) in [6.45, 7) is 4.13. The second-order valence-electron chi connectivity index (χ2n) is 7.98. The smallest absolute Gasteiger partial charge is 0.306 e. The van der Waals surface area contributed by atoms with Gasteiger partial charge in [0.15, 0.2) is 0 Å². The maximum absolute atomic E-state index is 13.7. The summed E-state index contributed by atoms with van der Waals surface area (Å²) in [6.07, 6.45) is -3.23. The van der Waals surface area contributed by atoms with Crippen molar-refractivity contribution in [1.29, 1.82) is 0 Å². The summed E-state index contributed by atoms with van der Waals surface area (Å²) in [5, 5.41) is 0.766. The van der Waals surface area contributed by atoms with Crippen molar-refractivity contribution in [1.82, 2.24) is 0 Å². The summed E-state index contributed by atoms with van der Waals surface area (Å²) < 4.78 is 63.9. The molecule has 5 aliphatic rings. The molecule has 0 aliphatic heterocycles. The number of allylic oxidation sites excluding steroid dienone is 2. The van der Waals surface area contributed by atoms with Gasteiger partial charge in [0.1, 0.15) is 0 Å². The molecule has 6 rings (SSSR count). The predicted molar refractivity (Wildman–Crippen MR) is 94.8 cm³/mol. The Kier molecular flexibility index (Phi) is 3.80. The number of alkyl halides is 3. The Labute approximate surface area is 156 Å². The molecule has 27 heavy (non-hydrogen) atoms. The van der Waals surface area contributed by atoms with Gasteiger partial charge in [0.25, 0.3) is 0 Å². The van der Waals surface area contributed by atoms with E-state index in [0.717, 1.165) is 35.0 Å². The summed E-state index contributed by atoms with van der Waals surface area (Å²) in [6, 6.07) is 5.28. The van der Waals surface area contributed by atoms with E-state index in [9.17, 15) is 17.7 Å². The summed E-state index contributed by atoms with van der Waals surface area (Å²) in [5.74, 6) is 2.83. The van der Waals surface area contributed by atoms with Crippen molar-refractivity contribution < 1.29 is 26.8 Å². The van der Waals surface area contributed by atoms with Crippen LogP contribution < -0.4 is 0 Å². The van der Waals surface area contributed by atoms with E-state index in [1.807, 2.05) is 0 Å². The Morgan fingerprint density at radius 2 is 1.59 bits per heavy atom. The van der Waals surface area contributed by atoms with Crippen molar-refractivity contribution in [3.63, 3.8) is 0 Å². The molecule has 0 saturated heterocycles. The Bertz CT molecular complexity index is 850. The third-order valence-corrected chi connectivity index (χ3v) is 9.26. The van der Waals surface area contributed by atoms with Crippen LogP contribution in [0.5, 0.6) is 0 Å². The predicted octanol–water partition coefficient (Wildman–Crippen LogP) is 5.82. The van der Waals surface area contributed by atoms with Gasteiger partial charge in [0, 0.05) is 5.31 Å². The standard InChI is InChI=1S/C20H22F3O3P/c1-3-25-27(24,26-4-2)19-14(10-5-7-11(8-6-10)20(21,22)23)15-13-9-12-16(15)17(12)18(13)19/h5-8,12-13,15-18H,3-4,9H2,1-2H3/t12-,13+,15-,16?,17?,18-/m1/s1. The molecule has 1 aromatic rings. The van der Waals surface area contributed by atoms with Crippen LogP contribution in [0, 0.1) is 35.5 Å². The largest absolute Gasteiger partial charge is 0.416 e. The Balaban J connectivity index is 1.63. The van der Waals surface area contributed by atoms with Crippen molar-refractivity contribution in [3.05, 3.63) is 40.7 Å². The van der Waals surface area contributed by atoms with E-state index in [1.165, 1.54) is 12.1 Å². The van der Waals surface area contributed by atoms with Gasteiger partial charge in [-0.05, 0) is 79.0 Å². The Morgan fingerprint density at radius 3 is 2.11 bits per heavy atom. The lowest BCUT2D eigenvalue weighted by Gasteiger charge is -2.26. The first-order chi connectivity index (χ1) is 12.8. The minimum absolute atomic E-state index is 0.214. The van der Waals surface area contributed by atoms with Gasteiger partial charge in [-0.3, -0.25) is 4.57 Å². The average Bonchev–Trinajstić information content (AvgIpc) is 2.95. The van der Waals surface area contributed by atoms with Crippen LogP contribution in [0.4, 0.5) is 13.2 Å². The zero-order valence-electron chi connectivity index (χ0n) is 15.2. The fourth-order valence-electron chi connectivity index (χ4n) is 6.32. The van der Waals surface area contributed by atoms with Crippen LogP contribution in [0.2, 0.25) is 0 Å². The monoisotopic (exact) mass is 398 g/mol. The minimum atomic E-state index is -4.36. The summed E-state index contributed by atoms with van der Waals surface area (Å²) in [5.41, 5.74) is 1.02. The molecule has 5 aliphatic carbocycles. The van der Waals surface area contributed by atoms with Gasteiger partial charge in [-0.1, -0.05) is 12.1 Å². The van der Waals surface area contributed by atoms with E-state index in [0.29, 0.717) is 29.6 Å². The quantitative estimate of drug-likeness (QED) is 0.566. The second-order valence-corrected chi connectivity index (χ2v) is 9.97. The topological polar surface area (TPSA) is 35.5 Å². The van der Waals surface area contributed by atoms with Crippen molar-refractivity contribution in [2.45, 2.75) is 26.4 Å². The van der Waals surface area contributed by atoms with Crippen molar-refractivity contribution >= 4 is 13.2 Å². The van der Waals surface area contributed by atoms with Crippen LogP contribution in [0.3, 0.4) is 0 Å². The van der Waals surface area contributed by atoms with Crippen molar-refractivity contribution in [3.8, 4) is 0 Å². The molecule has 0 heterocycles.